The van der Waals surface area contributed by atoms with Crippen molar-refractivity contribution in [2.75, 3.05) is 13.1 Å². The predicted molar refractivity (Wildman–Crippen MR) is 88.1 cm³/mol. The molecule has 2 saturated carbocycles. The number of nitriles is 1. The third-order valence-corrected chi connectivity index (χ3v) is 5.08. The van der Waals surface area contributed by atoms with E-state index in [0.717, 1.165) is 24.9 Å². The fourth-order valence-corrected chi connectivity index (χ4v) is 3.38. The molecule has 0 aliphatic heterocycles. The lowest BCUT2D eigenvalue weighted by Gasteiger charge is -2.33. The Balaban J connectivity index is 1.85. The van der Waals surface area contributed by atoms with Crippen molar-refractivity contribution in [3.8, 4) is 6.07 Å². The molecule has 0 aromatic carbocycles. The molecule has 0 radical (unpaired) electrons. The predicted octanol–water partition coefficient (Wildman–Crippen LogP) is 3.70. The van der Waals surface area contributed by atoms with Gasteiger partial charge in [0.2, 0.25) is 0 Å². The van der Waals surface area contributed by atoms with Gasteiger partial charge >= 0.3 is 0 Å². The van der Waals surface area contributed by atoms with E-state index >= 15 is 0 Å². The second kappa shape index (κ2) is 7.61. The molecule has 1 atom stereocenters. The fraction of sp³-hybridized carbons (Fsp3) is 0.944. The van der Waals surface area contributed by atoms with E-state index in [9.17, 15) is 5.26 Å². The molecule has 0 amide bonds. The maximum absolute atomic E-state index is 9.53. The maximum Gasteiger partial charge on any atom is 0.105 e. The van der Waals surface area contributed by atoms with Crippen LogP contribution in [0, 0.1) is 17.2 Å². The standard InChI is InChI=1S/C18H33N3/c1-15(2)10-12-21(17-6-4-5-7-17)13-11-18(3,14-19)20-16-8-9-16/h15-17,20H,4-13H2,1-3H3. The molecule has 2 fully saturated rings. The van der Waals surface area contributed by atoms with Crippen LogP contribution in [0.2, 0.25) is 0 Å². The van der Waals surface area contributed by atoms with Crippen molar-refractivity contribution in [3.63, 3.8) is 0 Å². The van der Waals surface area contributed by atoms with E-state index in [0.29, 0.717) is 6.04 Å². The van der Waals surface area contributed by atoms with Crippen molar-refractivity contribution in [2.24, 2.45) is 5.92 Å². The van der Waals surface area contributed by atoms with Crippen molar-refractivity contribution < 1.29 is 0 Å². The van der Waals surface area contributed by atoms with Crippen LogP contribution in [-0.2, 0) is 0 Å². The Morgan fingerprint density at radius 3 is 2.38 bits per heavy atom. The largest absolute Gasteiger partial charge is 0.300 e. The average Bonchev–Trinajstić information content (AvgIpc) is 3.08. The number of nitrogens with one attached hydrogen (secondary N) is 1. The number of rotatable bonds is 9. The van der Waals surface area contributed by atoms with Crippen molar-refractivity contribution in [2.45, 2.75) is 89.8 Å². The summed E-state index contributed by atoms with van der Waals surface area (Å²) in [4.78, 5) is 2.68. The Kier molecular flexibility index (Phi) is 6.08. The normalized spacial score (nSPS) is 22.7. The van der Waals surface area contributed by atoms with Crippen molar-refractivity contribution in [3.05, 3.63) is 0 Å². The highest BCUT2D eigenvalue weighted by atomic mass is 15.2. The highest BCUT2D eigenvalue weighted by Crippen LogP contribution is 2.27. The van der Waals surface area contributed by atoms with Gasteiger partial charge in [-0.05, 0) is 57.9 Å². The van der Waals surface area contributed by atoms with Crippen LogP contribution in [-0.4, -0.2) is 35.6 Å². The van der Waals surface area contributed by atoms with Crippen LogP contribution in [0.1, 0.15) is 72.1 Å². The topological polar surface area (TPSA) is 39.1 Å². The van der Waals surface area contributed by atoms with Gasteiger partial charge in [0.05, 0.1) is 6.07 Å². The minimum atomic E-state index is -0.337. The molecule has 2 aliphatic carbocycles. The van der Waals surface area contributed by atoms with Crippen LogP contribution in [0.4, 0.5) is 0 Å². The summed E-state index contributed by atoms with van der Waals surface area (Å²) in [6.07, 6.45) is 10.2. The van der Waals surface area contributed by atoms with Crippen molar-refractivity contribution >= 4 is 0 Å². The molecular formula is C18H33N3. The fourth-order valence-electron chi connectivity index (χ4n) is 3.38. The van der Waals surface area contributed by atoms with Gasteiger partial charge in [-0.3, -0.25) is 5.32 Å². The highest BCUT2D eigenvalue weighted by Gasteiger charge is 2.33. The zero-order chi connectivity index (χ0) is 15.3. The monoisotopic (exact) mass is 291 g/mol. The first-order chi connectivity index (χ1) is 10.0. The van der Waals surface area contributed by atoms with E-state index in [-0.39, 0.29) is 5.54 Å². The highest BCUT2D eigenvalue weighted by molar-refractivity contribution is 5.07. The Morgan fingerprint density at radius 1 is 1.19 bits per heavy atom. The van der Waals surface area contributed by atoms with Gasteiger partial charge < -0.3 is 4.90 Å². The molecule has 0 aromatic rings. The number of nitrogens with zero attached hydrogens (tertiary/aromatic N) is 2. The summed E-state index contributed by atoms with van der Waals surface area (Å²) in [5.41, 5.74) is -0.337. The zero-order valence-corrected chi connectivity index (χ0v) is 14.2. The summed E-state index contributed by atoms with van der Waals surface area (Å²) < 4.78 is 0. The lowest BCUT2D eigenvalue weighted by molar-refractivity contribution is 0.172. The van der Waals surface area contributed by atoms with Crippen LogP contribution < -0.4 is 5.32 Å². The Labute approximate surface area is 131 Å². The molecule has 3 nitrogen and oxygen atoms in total. The summed E-state index contributed by atoms with van der Waals surface area (Å²) in [7, 11) is 0. The van der Waals surface area contributed by atoms with Gasteiger partial charge in [0, 0.05) is 18.6 Å². The van der Waals surface area contributed by atoms with Gasteiger partial charge in [-0.1, -0.05) is 26.7 Å². The van der Waals surface area contributed by atoms with E-state index in [4.69, 9.17) is 0 Å². The summed E-state index contributed by atoms with van der Waals surface area (Å²) in [6, 6.07) is 3.90. The van der Waals surface area contributed by atoms with Crippen LogP contribution in [0.5, 0.6) is 0 Å². The number of hydrogen-bond donors (Lipinski definition) is 1. The smallest absolute Gasteiger partial charge is 0.105 e. The van der Waals surface area contributed by atoms with E-state index in [2.05, 4.69) is 37.1 Å². The van der Waals surface area contributed by atoms with E-state index < -0.39 is 0 Å². The molecule has 120 valence electrons. The first-order valence-corrected chi connectivity index (χ1v) is 8.95. The SMILES string of the molecule is CC(C)CCN(CCC(C)(C#N)NC1CC1)C1CCCC1. The second-order valence-electron chi connectivity index (χ2n) is 7.77. The van der Waals surface area contributed by atoms with E-state index in [1.807, 2.05) is 0 Å². The third kappa shape index (κ3) is 5.60. The molecule has 0 bridgehead atoms. The molecule has 3 heteroatoms. The lowest BCUT2D eigenvalue weighted by atomic mass is 9.98. The quantitative estimate of drug-likeness (QED) is 0.704. The van der Waals surface area contributed by atoms with E-state index in [1.54, 1.807) is 0 Å². The second-order valence-corrected chi connectivity index (χ2v) is 7.77. The third-order valence-electron chi connectivity index (χ3n) is 5.08. The first kappa shape index (κ1) is 16.8. The molecule has 0 heterocycles. The zero-order valence-electron chi connectivity index (χ0n) is 14.2. The van der Waals surface area contributed by atoms with Gasteiger partial charge in [-0.25, -0.2) is 0 Å². The summed E-state index contributed by atoms with van der Waals surface area (Å²) >= 11 is 0. The van der Waals surface area contributed by atoms with Gasteiger partial charge in [0.1, 0.15) is 5.54 Å². The van der Waals surface area contributed by atoms with Crippen molar-refractivity contribution in [1.82, 2.24) is 10.2 Å². The van der Waals surface area contributed by atoms with Crippen LogP contribution >= 0.6 is 0 Å². The van der Waals surface area contributed by atoms with Gasteiger partial charge in [-0.2, -0.15) is 5.26 Å². The average molecular weight is 291 g/mol. The van der Waals surface area contributed by atoms with Crippen LogP contribution in [0.3, 0.4) is 0 Å². The number of hydrogen-bond acceptors (Lipinski definition) is 3. The van der Waals surface area contributed by atoms with Crippen molar-refractivity contribution in [1.29, 1.82) is 5.26 Å². The molecule has 2 aliphatic rings. The summed E-state index contributed by atoms with van der Waals surface area (Å²) in [6.45, 7) is 8.97. The van der Waals surface area contributed by atoms with Gasteiger partial charge in [-0.15, -0.1) is 0 Å². The van der Waals surface area contributed by atoms with Gasteiger partial charge in [0.15, 0.2) is 0 Å². The molecule has 1 unspecified atom stereocenters. The minimum absolute atomic E-state index is 0.337. The molecule has 0 aromatic heterocycles. The molecule has 0 spiro atoms. The minimum Gasteiger partial charge on any atom is -0.300 e. The maximum atomic E-state index is 9.53. The lowest BCUT2D eigenvalue weighted by Crippen LogP contribution is -2.46. The molecule has 0 saturated heterocycles. The Hall–Kier alpha value is -0.590. The Bertz CT molecular complexity index is 350. The summed E-state index contributed by atoms with van der Waals surface area (Å²) in [5.74, 6) is 0.765. The van der Waals surface area contributed by atoms with Crippen LogP contribution in [0.25, 0.3) is 0 Å². The first-order valence-electron chi connectivity index (χ1n) is 8.95. The molecule has 1 N–H and O–H groups in total. The summed E-state index contributed by atoms with van der Waals surface area (Å²) in [5, 5.41) is 13.1. The van der Waals surface area contributed by atoms with E-state index in [1.165, 1.54) is 51.5 Å². The molecule has 21 heavy (non-hydrogen) atoms. The van der Waals surface area contributed by atoms with Gasteiger partial charge in [0.25, 0.3) is 0 Å². The molecule has 2 rings (SSSR count). The Morgan fingerprint density at radius 2 is 1.86 bits per heavy atom. The van der Waals surface area contributed by atoms with Crippen LogP contribution in [0.15, 0.2) is 0 Å². The molecular weight excluding hydrogens is 258 g/mol.